The van der Waals surface area contributed by atoms with E-state index in [4.69, 9.17) is 16.3 Å². The largest absolute Gasteiger partial charge is 0.462 e. The highest BCUT2D eigenvalue weighted by Gasteiger charge is 2.50. The molecule has 1 amide bonds. The Labute approximate surface area is 215 Å². The highest BCUT2D eigenvalue weighted by Crippen LogP contribution is 2.42. The Morgan fingerprint density at radius 1 is 1.19 bits per heavy atom. The number of nitrogens with one attached hydrogen (secondary N) is 1. The number of ether oxygens (including phenoxy) is 1. The van der Waals surface area contributed by atoms with Crippen molar-refractivity contribution >= 4 is 23.7 Å². The maximum absolute atomic E-state index is 13.2. The topological polar surface area (TPSA) is 50.7 Å². The van der Waals surface area contributed by atoms with Gasteiger partial charge < -0.3 is 10.1 Å². The summed E-state index contributed by atoms with van der Waals surface area (Å²) in [5, 5.41) is 3.70. The van der Waals surface area contributed by atoms with Crippen molar-refractivity contribution in [2.45, 2.75) is 71.2 Å². The van der Waals surface area contributed by atoms with Crippen LogP contribution in [0.2, 0.25) is 5.02 Å². The third-order valence-corrected chi connectivity index (χ3v) is 6.79. The quantitative estimate of drug-likeness (QED) is 0.401. The molecule has 0 saturated carbocycles. The molecule has 36 heavy (non-hydrogen) atoms. The van der Waals surface area contributed by atoms with Crippen molar-refractivity contribution in [2.24, 2.45) is 10.4 Å². The van der Waals surface area contributed by atoms with Gasteiger partial charge in [-0.05, 0) is 76.8 Å². The maximum Gasteiger partial charge on any atom is 0.399 e. The second kappa shape index (κ2) is 10.7. The monoisotopic (exact) mass is 520 g/mol. The van der Waals surface area contributed by atoms with Crippen LogP contribution >= 0.6 is 11.6 Å². The van der Waals surface area contributed by atoms with Gasteiger partial charge >= 0.3 is 6.18 Å². The van der Waals surface area contributed by atoms with Gasteiger partial charge in [-0.1, -0.05) is 53.6 Å². The Kier molecular flexibility index (Phi) is 8.23. The molecule has 194 valence electrons. The van der Waals surface area contributed by atoms with Gasteiger partial charge in [0.1, 0.15) is 5.41 Å². The van der Waals surface area contributed by atoms with Gasteiger partial charge in [0.2, 0.25) is 5.88 Å². The zero-order valence-corrected chi connectivity index (χ0v) is 21.9. The van der Waals surface area contributed by atoms with Crippen molar-refractivity contribution in [1.82, 2.24) is 5.32 Å². The van der Waals surface area contributed by atoms with E-state index in [-0.39, 0.29) is 30.2 Å². The predicted molar refractivity (Wildman–Crippen MR) is 137 cm³/mol. The van der Waals surface area contributed by atoms with Crippen LogP contribution in [0.15, 0.2) is 65.5 Å². The number of hydrogen-bond donors (Lipinski definition) is 1. The number of carbonyl (C=O) groups is 1. The van der Waals surface area contributed by atoms with Gasteiger partial charge in [0.15, 0.2) is 5.60 Å². The van der Waals surface area contributed by atoms with Crippen LogP contribution in [0, 0.1) is 12.3 Å². The molecule has 2 aromatic carbocycles. The van der Waals surface area contributed by atoms with Gasteiger partial charge in [0, 0.05) is 23.2 Å². The number of alkyl halides is 3. The standard InChI is InChI=1S/C28H32ClF3N2O2/c1-18-7-6-8-21(15-18)23(16-20-9-11-22(29)12-10-20)19(2)34-25(35)26(3,4)36-24-13-14-27(5,17-33-24)28(30,31)32/h6-13,15,17,19,23H,14,16H2,1-5H3,(H,34,35). The zero-order chi connectivity index (χ0) is 26.7. The van der Waals surface area contributed by atoms with Crippen LogP contribution in [-0.4, -0.2) is 29.9 Å². The molecule has 3 unspecified atom stereocenters. The van der Waals surface area contributed by atoms with Crippen LogP contribution < -0.4 is 5.32 Å². The van der Waals surface area contributed by atoms with Crippen LogP contribution in [0.1, 0.15) is 56.7 Å². The summed E-state index contributed by atoms with van der Waals surface area (Å²) in [6.07, 6.45) is -1.93. The molecule has 1 N–H and O–H groups in total. The van der Waals surface area contributed by atoms with E-state index in [1.165, 1.54) is 6.08 Å². The highest BCUT2D eigenvalue weighted by atomic mass is 35.5. The van der Waals surface area contributed by atoms with E-state index in [1.807, 2.05) is 56.3 Å². The smallest absolute Gasteiger partial charge is 0.399 e. The maximum atomic E-state index is 13.2. The Balaban J connectivity index is 1.74. The lowest BCUT2D eigenvalue weighted by Crippen LogP contribution is -2.49. The number of halogens is 4. The van der Waals surface area contributed by atoms with Crippen molar-refractivity contribution in [2.75, 3.05) is 0 Å². The molecule has 0 spiro atoms. The number of rotatable bonds is 8. The SMILES string of the molecule is Cc1cccc(C(Cc2ccc(Cl)cc2)C(C)NC(=O)C(C)(C)OC2=CCC(C)(C(F)(F)F)C=N2)c1. The Morgan fingerprint density at radius 3 is 2.42 bits per heavy atom. The molecule has 0 aliphatic carbocycles. The van der Waals surface area contributed by atoms with Crippen molar-refractivity contribution in [1.29, 1.82) is 0 Å². The summed E-state index contributed by atoms with van der Waals surface area (Å²) in [4.78, 5) is 17.1. The normalized spacial score (nSPS) is 19.9. The molecular formula is C28H32ClF3N2O2. The van der Waals surface area contributed by atoms with E-state index in [0.29, 0.717) is 11.4 Å². The molecule has 3 atom stereocenters. The fourth-order valence-corrected chi connectivity index (χ4v) is 4.14. The Bertz CT molecular complexity index is 1140. The van der Waals surface area contributed by atoms with Crippen molar-refractivity contribution in [3.8, 4) is 0 Å². The summed E-state index contributed by atoms with van der Waals surface area (Å²) in [7, 11) is 0. The average molecular weight is 521 g/mol. The van der Waals surface area contributed by atoms with Gasteiger partial charge in [-0.2, -0.15) is 13.2 Å². The first-order chi connectivity index (χ1) is 16.7. The van der Waals surface area contributed by atoms with Gasteiger partial charge in [-0.3, -0.25) is 4.79 Å². The number of aryl methyl sites for hydroxylation is 1. The lowest BCUT2D eigenvalue weighted by molar-refractivity contribution is -0.190. The summed E-state index contributed by atoms with van der Waals surface area (Å²) in [5.74, 6) is -0.421. The first-order valence-electron chi connectivity index (χ1n) is 11.8. The molecular weight excluding hydrogens is 489 g/mol. The van der Waals surface area contributed by atoms with E-state index in [9.17, 15) is 18.0 Å². The molecule has 1 heterocycles. The lowest BCUT2D eigenvalue weighted by Gasteiger charge is -2.33. The first kappa shape index (κ1) is 27.8. The molecule has 0 bridgehead atoms. The van der Waals surface area contributed by atoms with Crippen LogP contribution in [0.25, 0.3) is 0 Å². The summed E-state index contributed by atoms with van der Waals surface area (Å²) in [6, 6.07) is 15.5. The Hall–Kier alpha value is -2.80. The number of carbonyl (C=O) groups excluding carboxylic acids is 1. The van der Waals surface area contributed by atoms with E-state index in [2.05, 4.69) is 16.4 Å². The molecule has 2 aromatic rings. The predicted octanol–water partition coefficient (Wildman–Crippen LogP) is 7.16. The van der Waals surface area contributed by atoms with E-state index >= 15 is 0 Å². The lowest BCUT2D eigenvalue weighted by atomic mass is 9.85. The molecule has 4 nitrogen and oxygen atoms in total. The minimum atomic E-state index is -4.42. The average Bonchev–Trinajstić information content (AvgIpc) is 2.79. The minimum absolute atomic E-state index is 0.000858. The number of allylic oxidation sites excluding steroid dienone is 1. The highest BCUT2D eigenvalue weighted by molar-refractivity contribution is 6.30. The van der Waals surface area contributed by atoms with Crippen molar-refractivity contribution < 1.29 is 22.7 Å². The molecule has 1 aliphatic rings. The first-order valence-corrected chi connectivity index (χ1v) is 12.2. The van der Waals surface area contributed by atoms with E-state index in [0.717, 1.165) is 29.8 Å². The molecule has 1 aliphatic heterocycles. The molecule has 0 radical (unpaired) electrons. The van der Waals surface area contributed by atoms with Crippen LogP contribution in [0.5, 0.6) is 0 Å². The van der Waals surface area contributed by atoms with Gasteiger partial charge in [-0.15, -0.1) is 0 Å². The molecule has 0 fully saturated rings. The third kappa shape index (κ3) is 6.69. The van der Waals surface area contributed by atoms with Gasteiger partial charge in [0.25, 0.3) is 5.91 Å². The molecule has 3 rings (SSSR count). The van der Waals surface area contributed by atoms with Crippen molar-refractivity contribution in [3.05, 3.63) is 82.2 Å². The van der Waals surface area contributed by atoms with Crippen LogP contribution in [-0.2, 0) is 16.0 Å². The van der Waals surface area contributed by atoms with E-state index in [1.54, 1.807) is 13.8 Å². The van der Waals surface area contributed by atoms with Crippen LogP contribution in [0.3, 0.4) is 0 Å². The Morgan fingerprint density at radius 2 is 1.86 bits per heavy atom. The zero-order valence-electron chi connectivity index (χ0n) is 21.1. The molecule has 0 saturated heterocycles. The van der Waals surface area contributed by atoms with Gasteiger partial charge in [0.05, 0.1) is 0 Å². The number of nitrogens with zero attached hydrogens (tertiary/aromatic N) is 1. The summed E-state index contributed by atoms with van der Waals surface area (Å²) in [6.45, 7) is 8.18. The van der Waals surface area contributed by atoms with E-state index < -0.39 is 17.2 Å². The number of benzene rings is 2. The second-order valence-electron chi connectivity index (χ2n) is 10.1. The fraction of sp³-hybridized carbons (Fsp3) is 0.429. The second-order valence-corrected chi connectivity index (χ2v) is 10.6. The summed E-state index contributed by atoms with van der Waals surface area (Å²) < 4.78 is 45.5. The third-order valence-electron chi connectivity index (χ3n) is 6.53. The number of amides is 1. The summed E-state index contributed by atoms with van der Waals surface area (Å²) in [5.41, 5.74) is -0.118. The van der Waals surface area contributed by atoms with Crippen molar-refractivity contribution in [3.63, 3.8) is 0 Å². The number of aliphatic imine (C=N–C) groups is 1. The summed E-state index contributed by atoms with van der Waals surface area (Å²) >= 11 is 6.04. The number of hydrogen-bond acceptors (Lipinski definition) is 3. The molecule has 0 aromatic heterocycles. The molecule has 8 heteroatoms. The minimum Gasteiger partial charge on any atom is -0.462 e. The fourth-order valence-electron chi connectivity index (χ4n) is 4.02. The van der Waals surface area contributed by atoms with Crippen LogP contribution in [0.4, 0.5) is 13.2 Å². The van der Waals surface area contributed by atoms with Gasteiger partial charge in [-0.25, -0.2) is 4.99 Å².